The van der Waals surface area contributed by atoms with E-state index in [0.717, 1.165) is 35.2 Å². The Morgan fingerprint density at radius 2 is 2.04 bits per heavy atom. The van der Waals surface area contributed by atoms with Gasteiger partial charge in [0.15, 0.2) is 0 Å². The summed E-state index contributed by atoms with van der Waals surface area (Å²) in [6, 6.07) is 9.26. The SMILES string of the molecule is Cc1cc(Br)ccc1NC(=O)c1ccnc(NCCCN(C)C)c1. The van der Waals surface area contributed by atoms with Crippen molar-refractivity contribution in [1.29, 1.82) is 0 Å². The first kappa shape index (κ1) is 18.4. The Morgan fingerprint density at radius 3 is 2.75 bits per heavy atom. The summed E-state index contributed by atoms with van der Waals surface area (Å²) in [6.07, 6.45) is 2.67. The van der Waals surface area contributed by atoms with E-state index in [1.807, 2.05) is 39.2 Å². The smallest absolute Gasteiger partial charge is 0.255 e. The molecule has 24 heavy (non-hydrogen) atoms. The number of nitrogens with one attached hydrogen (secondary N) is 2. The summed E-state index contributed by atoms with van der Waals surface area (Å²) in [5.41, 5.74) is 2.40. The molecule has 1 heterocycles. The van der Waals surface area contributed by atoms with Crippen molar-refractivity contribution in [1.82, 2.24) is 9.88 Å². The first-order valence-electron chi connectivity index (χ1n) is 7.88. The van der Waals surface area contributed by atoms with Gasteiger partial charge in [0.05, 0.1) is 0 Å². The van der Waals surface area contributed by atoms with Crippen LogP contribution in [0.15, 0.2) is 41.0 Å². The lowest BCUT2D eigenvalue weighted by atomic mass is 10.2. The number of rotatable bonds is 7. The van der Waals surface area contributed by atoms with Crippen LogP contribution in [0.25, 0.3) is 0 Å². The van der Waals surface area contributed by atoms with Gasteiger partial charge in [0, 0.05) is 28.5 Å². The van der Waals surface area contributed by atoms with E-state index >= 15 is 0 Å². The Hall–Kier alpha value is -1.92. The first-order chi connectivity index (χ1) is 11.5. The van der Waals surface area contributed by atoms with Crippen LogP contribution in [0.5, 0.6) is 0 Å². The number of benzene rings is 1. The molecule has 6 heteroatoms. The zero-order chi connectivity index (χ0) is 17.5. The second-order valence-corrected chi connectivity index (χ2v) is 6.84. The molecule has 0 spiro atoms. The molecule has 0 atom stereocenters. The third-order valence-electron chi connectivity index (χ3n) is 3.55. The molecule has 2 N–H and O–H groups in total. The van der Waals surface area contributed by atoms with Gasteiger partial charge in [0.2, 0.25) is 0 Å². The van der Waals surface area contributed by atoms with Crippen molar-refractivity contribution < 1.29 is 4.79 Å². The Kier molecular flexibility index (Phi) is 6.75. The molecule has 1 amide bonds. The van der Waals surface area contributed by atoms with Crippen LogP contribution in [-0.4, -0.2) is 43.0 Å². The lowest BCUT2D eigenvalue weighted by Gasteiger charge is -2.11. The Balaban J connectivity index is 1.98. The molecule has 2 aromatic rings. The number of hydrogen-bond acceptors (Lipinski definition) is 4. The highest BCUT2D eigenvalue weighted by Gasteiger charge is 2.09. The van der Waals surface area contributed by atoms with E-state index < -0.39 is 0 Å². The third kappa shape index (κ3) is 5.62. The fourth-order valence-electron chi connectivity index (χ4n) is 2.24. The molecule has 0 saturated carbocycles. The van der Waals surface area contributed by atoms with Crippen molar-refractivity contribution in [2.45, 2.75) is 13.3 Å². The Morgan fingerprint density at radius 1 is 1.25 bits per heavy atom. The minimum Gasteiger partial charge on any atom is -0.370 e. The van der Waals surface area contributed by atoms with Crippen LogP contribution in [0.4, 0.5) is 11.5 Å². The number of carbonyl (C=O) groups excluding carboxylic acids is 1. The van der Waals surface area contributed by atoms with Gasteiger partial charge in [0.1, 0.15) is 5.82 Å². The molecule has 0 aliphatic carbocycles. The molecule has 128 valence electrons. The largest absolute Gasteiger partial charge is 0.370 e. The Bertz CT molecular complexity index is 703. The highest BCUT2D eigenvalue weighted by Crippen LogP contribution is 2.21. The molecule has 0 saturated heterocycles. The molecule has 0 radical (unpaired) electrons. The van der Waals surface area contributed by atoms with Crippen molar-refractivity contribution >= 4 is 33.3 Å². The van der Waals surface area contributed by atoms with E-state index in [4.69, 9.17) is 0 Å². The van der Waals surface area contributed by atoms with Gasteiger partial charge in [-0.05, 0) is 69.9 Å². The van der Waals surface area contributed by atoms with Gasteiger partial charge in [-0.15, -0.1) is 0 Å². The number of hydrogen-bond donors (Lipinski definition) is 2. The number of carbonyl (C=O) groups is 1. The van der Waals surface area contributed by atoms with Crippen molar-refractivity contribution in [3.8, 4) is 0 Å². The van der Waals surface area contributed by atoms with Crippen molar-refractivity contribution in [2.75, 3.05) is 37.8 Å². The number of aromatic nitrogens is 1. The van der Waals surface area contributed by atoms with E-state index in [9.17, 15) is 4.79 Å². The molecule has 0 fully saturated rings. The average Bonchev–Trinajstić information content (AvgIpc) is 2.54. The molecule has 0 aliphatic heterocycles. The minimum atomic E-state index is -0.140. The number of aryl methyl sites for hydroxylation is 1. The van der Waals surface area contributed by atoms with E-state index in [2.05, 4.69) is 36.4 Å². The molecule has 0 aliphatic rings. The summed E-state index contributed by atoms with van der Waals surface area (Å²) in [5, 5.41) is 6.20. The van der Waals surface area contributed by atoms with Gasteiger partial charge in [0.25, 0.3) is 5.91 Å². The lowest BCUT2D eigenvalue weighted by Crippen LogP contribution is -2.17. The van der Waals surface area contributed by atoms with E-state index in [1.165, 1.54) is 0 Å². The van der Waals surface area contributed by atoms with Crippen LogP contribution in [0.1, 0.15) is 22.3 Å². The van der Waals surface area contributed by atoms with Crippen molar-refractivity contribution in [3.63, 3.8) is 0 Å². The van der Waals surface area contributed by atoms with Gasteiger partial charge in [-0.25, -0.2) is 4.98 Å². The van der Waals surface area contributed by atoms with Crippen LogP contribution in [0.3, 0.4) is 0 Å². The number of halogens is 1. The van der Waals surface area contributed by atoms with Crippen LogP contribution in [0.2, 0.25) is 0 Å². The maximum Gasteiger partial charge on any atom is 0.255 e. The summed E-state index contributed by atoms with van der Waals surface area (Å²) in [7, 11) is 4.10. The summed E-state index contributed by atoms with van der Waals surface area (Å²) < 4.78 is 0.992. The molecule has 1 aromatic carbocycles. The van der Waals surface area contributed by atoms with Gasteiger partial charge < -0.3 is 15.5 Å². The topological polar surface area (TPSA) is 57.3 Å². The molecule has 1 aromatic heterocycles. The van der Waals surface area contributed by atoms with Crippen LogP contribution in [-0.2, 0) is 0 Å². The van der Waals surface area contributed by atoms with Crippen molar-refractivity contribution in [3.05, 3.63) is 52.1 Å². The summed E-state index contributed by atoms with van der Waals surface area (Å²) in [4.78, 5) is 18.8. The summed E-state index contributed by atoms with van der Waals surface area (Å²) in [6.45, 7) is 3.79. The third-order valence-corrected chi connectivity index (χ3v) is 4.04. The van der Waals surface area contributed by atoms with Crippen LogP contribution in [0, 0.1) is 6.92 Å². The van der Waals surface area contributed by atoms with E-state index in [-0.39, 0.29) is 5.91 Å². The Labute approximate surface area is 151 Å². The number of pyridine rings is 1. The number of anilines is 2. The second-order valence-electron chi connectivity index (χ2n) is 5.93. The highest BCUT2D eigenvalue weighted by molar-refractivity contribution is 9.10. The maximum atomic E-state index is 12.4. The summed E-state index contributed by atoms with van der Waals surface area (Å²) in [5.74, 6) is 0.577. The standard InChI is InChI=1S/C18H23BrN4O/c1-13-11-15(19)5-6-16(13)22-18(24)14-7-9-21-17(12-14)20-8-4-10-23(2)3/h5-7,9,11-12H,4,8,10H2,1-3H3,(H,20,21)(H,22,24). The first-order valence-corrected chi connectivity index (χ1v) is 8.67. The lowest BCUT2D eigenvalue weighted by molar-refractivity contribution is 0.102. The zero-order valence-corrected chi connectivity index (χ0v) is 15.9. The fourth-order valence-corrected chi connectivity index (χ4v) is 2.72. The normalized spacial score (nSPS) is 10.7. The molecular weight excluding hydrogens is 368 g/mol. The monoisotopic (exact) mass is 390 g/mol. The summed E-state index contributed by atoms with van der Waals surface area (Å²) >= 11 is 3.42. The molecular formula is C18H23BrN4O. The van der Waals surface area contributed by atoms with Gasteiger partial charge >= 0.3 is 0 Å². The van der Waals surface area contributed by atoms with Crippen LogP contribution < -0.4 is 10.6 Å². The van der Waals surface area contributed by atoms with Gasteiger partial charge in [-0.3, -0.25) is 4.79 Å². The predicted molar refractivity (Wildman–Crippen MR) is 103 cm³/mol. The molecule has 0 unspecified atom stereocenters. The highest BCUT2D eigenvalue weighted by atomic mass is 79.9. The zero-order valence-electron chi connectivity index (χ0n) is 14.3. The number of amides is 1. The van der Waals surface area contributed by atoms with E-state index in [1.54, 1.807) is 18.3 Å². The average molecular weight is 391 g/mol. The second kappa shape index (κ2) is 8.80. The number of nitrogens with zero attached hydrogens (tertiary/aromatic N) is 2. The van der Waals surface area contributed by atoms with Gasteiger partial charge in [-0.2, -0.15) is 0 Å². The fraction of sp³-hybridized carbons (Fsp3) is 0.333. The van der Waals surface area contributed by atoms with E-state index in [0.29, 0.717) is 11.4 Å². The maximum absolute atomic E-state index is 12.4. The van der Waals surface area contributed by atoms with Crippen LogP contribution >= 0.6 is 15.9 Å². The molecule has 2 rings (SSSR count). The van der Waals surface area contributed by atoms with Gasteiger partial charge in [-0.1, -0.05) is 15.9 Å². The molecule has 0 bridgehead atoms. The van der Waals surface area contributed by atoms with Crippen molar-refractivity contribution in [2.24, 2.45) is 0 Å². The predicted octanol–water partition coefficient (Wildman–Crippen LogP) is 3.77. The minimum absolute atomic E-state index is 0.140. The quantitative estimate of drug-likeness (QED) is 0.706. The molecule has 5 nitrogen and oxygen atoms in total.